The number of carbonyl (C=O) groups is 1. The summed E-state index contributed by atoms with van der Waals surface area (Å²) < 4.78 is 1.93. The van der Waals surface area contributed by atoms with Gasteiger partial charge in [0, 0.05) is 42.7 Å². The third-order valence-corrected chi connectivity index (χ3v) is 6.10. The van der Waals surface area contributed by atoms with Gasteiger partial charge in [0.1, 0.15) is 10.7 Å². The summed E-state index contributed by atoms with van der Waals surface area (Å²) in [6.07, 6.45) is 10.4. The van der Waals surface area contributed by atoms with Gasteiger partial charge in [-0.2, -0.15) is 0 Å². The average molecular weight is 385 g/mol. The summed E-state index contributed by atoms with van der Waals surface area (Å²) in [5, 5.41) is 3.74. The van der Waals surface area contributed by atoms with E-state index in [0.29, 0.717) is 25.2 Å². The maximum Gasteiger partial charge on any atom is 0.259 e. The number of hydrogen-bond donors (Lipinski definition) is 2. The predicted molar refractivity (Wildman–Crippen MR) is 105 cm³/mol. The van der Waals surface area contributed by atoms with Crippen LogP contribution in [0, 0.1) is 0 Å². The lowest BCUT2D eigenvalue weighted by Gasteiger charge is -2.14. The number of imidazole rings is 1. The quantitative estimate of drug-likeness (QED) is 0.680. The average Bonchev–Trinajstić information content (AvgIpc) is 3.26. The van der Waals surface area contributed by atoms with Gasteiger partial charge in [0.15, 0.2) is 0 Å². The lowest BCUT2D eigenvalue weighted by molar-refractivity contribution is -0.121. The summed E-state index contributed by atoms with van der Waals surface area (Å²) in [6.45, 7) is 2.63. The van der Waals surface area contributed by atoms with Crippen LogP contribution in [0.25, 0.3) is 10.2 Å². The molecule has 1 aliphatic carbocycles. The fraction of sp³-hybridized carbons (Fsp3) is 0.474. The Kier molecular flexibility index (Phi) is 5.07. The highest BCUT2D eigenvalue weighted by Crippen LogP contribution is 2.33. The second kappa shape index (κ2) is 7.64. The van der Waals surface area contributed by atoms with Gasteiger partial charge in [-0.3, -0.25) is 9.59 Å². The molecule has 0 fully saturated rings. The van der Waals surface area contributed by atoms with Crippen molar-refractivity contribution in [1.29, 1.82) is 0 Å². The lowest BCUT2D eigenvalue weighted by atomic mass is 9.97. The molecule has 8 heteroatoms. The zero-order chi connectivity index (χ0) is 18.8. The van der Waals surface area contributed by atoms with Crippen LogP contribution in [0.4, 0.5) is 0 Å². The van der Waals surface area contributed by atoms with Crippen LogP contribution in [0.5, 0.6) is 0 Å². The molecule has 7 nitrogen and oxygen atoms in total. The van der Waals surface area contributed by atoms with E-state index in [1.54, 1.807) is 23.9 Å². The maximum absolute atomic E-state index is 12.5. The van der Waals surface area contributed by atoms with Gasteiger partial charge in [-0.25, -0.2) is 9.97 Å². The number of nitrogens with one attached hydrogen (secondary N) is 2. The van der Waals surface area contributed by atoms with Crippen LogP contribution in [-0.2, 0) is 30.6 Å². The van der Waals surface area contributed by atoms with E-state index < -0.39 is 0 Å². The molecule has 1 atom stereocenters. The normalized spacial score (nSPS) is 14.9. The van der Waals surface area contributed by atoms with Gasteiger partial charge in [0.05, 0.1) is 11.7 Å². The van der Waals surface area contributed by atoms with Crippen LogP contribution in [0.3, 0.4) is 0 Å². The molecule has 0 saturated carbocycles. The third kappa shape index (κ3) is 3.95. The topological polar surface area (TPSA) is 92.7 Å². The fourth-order valence-electron chi connectivity index (χ4n) is 3.66. The minimum absolute atomic E-state index is 0.00482. The van der Waals surface area contributed by atoms with Crippen LogP contribution in [-0.4, -0.2) is 31.5 Å². The summed E-state index contributed by atoms with van der Waals surface area (Å²) in [6, 6.07) is 0.00482. The van der Waals surface area contributed by atoms with E-state index in [1.165, 1.54) is 16.9 Å². The minimum Gasteiger partial charge on any atom is -0.352 e. The molecule has 3 aromatic rings. The van der Waals surface area contributed by atoms with Gasteiger partial charge >= 0.3 is 0 Å². The highest BCUT2D eigenvalue weighted by Gasteiger charge is 2.20. The zero-order valence-corrected chi connectivity index (χ0v) is 16.1. The van der Waals surface area contributed by atoms with Crippen LogP contribution in [0.2, 0.25) is 0 Å². The van der Waals surface area contributed by atoms with Crippen LogP contribution in [0.1, 0.15) is 42.5 Å². The molecule has 0 saturated heterocycles. The Bertz CT molecular complexity index is 1010. The Morgan fingerprint density at radius 1 is 1.41 bits per heavy atom. The van der Waals surface area contributed by atoms with Gasteiger partial charge in [-0.1, -0.05) is 0 Å². The van der Waals surface area contributed by atoms with Crippen molar-refractivity contribution in [2.24, 2.45) is 0 Å². The summed E-state index contributed by atoms with van der Waals surface area (Å²) in [5.41, 5.74) is 1.12. The molecular formula is C19H23N5O2S. The molecule has 142 valence electrons. The smallest absolute Gasteiger partial charge is 0.259 e. The van der Waals surface area contributed by atoms with Gasteiger partial charge in [0.25, 0.3) is 5.56 Å². The van der Waals surface area contributed by atoms with E-state index in [9.17, 15) is 9.59 Å². The summed E-state index contributed by atoms with van der Waals surface area (Å²) >= 11 is 1.63. The Morgan fingerprint density at radius 3 is 3.07 bits per heavy atom. The molecule has 0 spiro atoms. The third-order valence-electron chi connectivity index (χ3n) is 4.91. The predicted octanol–water partition coefficient (Wildman–Crippen LogP) is 2.20. The highest BCUT2D eigenvalue weighted by atomic mass is 32.1. The number of aromatic amines is 1. The van der Waals surface area contributed by atoms with Gasteiger partial charge in [0.2, 0.25) is 5.91 Å². The van der Waals surface area contributed by atoms with E-state index in [2.05, 4.69) is 20.3 Å². The van der Waals surface area contributed by atoms with Crippen molar-refractivity contribution >= 4 is 27.5 Å². The number of hydrogen-bond acceptors (Lipinski definition) is 5. The molecule has 0 aromatic carbocycles. The standard InChI is InChI=1S/C19H23N5O2S/c1-12(10-24-9-8-20-11-24)21-16(25)7-6-15-22-18(26)17-13-4-2-3-5-14(13)27-19(17)23-15/h8-9,11-12H,2-7,10H2,1H3,(H,21,25)(H,22,23,26). The maximum atomic E-state index is 12.5. The Balaban J connectivity index is 1.40. The monoisotopic (exact) mass is 385 g/mol. The van der Waals surface area contributed by atoms with E-state index in [1.807, 2.05) is 17.7 Å². The molecule has 1 amide bonds. The number of fused-ring (bicyclic) bond motifs is 3. The van der Waals surface area contributed by atoms with Gasteiger partial charge in [-0.05, 0) is 38.2 Å². The number of rotatable bonds is 6. The van der Waals surface area contributed by atoms with Crippen molar-refractivity contribution in [3.8, 4) is 0 Å². The first kappa shape index (κ1) is 17.9. The SMILES string of the molecule is CC(Cn1ccnc1)NC(=O)CCc1nc2sc3c(c2c(=O)[nH]1)CCCC3. The number of carbonyl (C=O) groups excluding carboxylic acids is 1. The number of thiophene rings is 1. The van der Waals surface area contributed by atoms with Crippen molar-refractivity contribution in [3.05, 3.63) is 45.3 Å². The molecule has 1 unspecified atom stereocenters. The van der Waals surface area contributed by atoms with Gasteiger partial charge < -0.3 is 14.9 Å². The van der Waals surface area contributed by atoms with E-state index in [0.717, 1.165) is 29.5 Å². The second-order valence-electron chi connectivity index (χ2n) is 7.13. The molecule has 27 heavy (non-hydrogen) atoms. The first-order valence-corrected chi connectivity index (χ1v) is 10.2. The fourth-order valence-corrected chi connectivity index (χ4v) is 4.94. The Labute approximate surface area is 160 Å². The summed E-state index contributed by atoms with van der Waals surface area (Å²) in [5.74, 6) is 0.541. The van der Waals surface area contributed by atoms with Crippen molar-refractivity contribution in [2.75, 3.05) is 0 Å². The van der Waals surface area contributed by atoms with Gasteiger partial charge in [-0.15, -0.1) is 11.3 Å². The van der Waals surface area contributed by atoms with Crippen molar-refractivity contribution in [1.82, 2.24) is 24.8 Å². The molecule has 3 heterocycles. The molecule has 3 aromatic heterocycles. The van der Waals surface area contributed by atoms with Crippen molar-refractivity contribution in [3.63, 3.8) is 0 Å². The van der Waals surface area contributed by atoms with Crippen LogP contribution < -0.4 is 10.9 Å². The second-order valence-corrected chi connectivity index (χ2v) is 8.22. The van der Waals surface area contributed by atoms with E-state index in [4.69, 9.17) is 0 Å². The molecule has 4 rings (SSSR count). The zero-order valence-electron chi connectivity index (χ0n) is 15.3. The highest BCUT2D eigenvalue weighted by molar-refractivity contribution is 7.18. The van der Waals surface area contributed by atoms with E-state index >= 15 is 0 Å². The van der Waals surface area contributed by atoms with Crippen molar-refractivity contribution < 1.29 is 4.79 Å². The minimum atomic E-state index is -0.0664. The molecule has 0 aliphatic heterocycles. The molecule has 1 aliphatic rings. The number of nitrogens with zero attached hydrogens (tertiary/aromatic N) is 3. The summed E-state index contributed by atoms with van der Waals surface area (Å²) in [7, 11) is 0. The largest absolute Gasteiger partial charge is 0.352 e. The van der Waals surface area contributed by atoms with Crippen LogP contribution >= 0.6 is 11.3 Å². The molecule has 0 radical (unpaired) electrons. The lowest BCUT2D eigenvalue weighted by Crippen LogP contribution is -2.35. The Morgan fingerprint density at radius 2 is 2.26 bits per heavy atom. The van der Waals surface area contributed by atoms with Crippen molar-refractivity contribution in [2.45, 2.75) is 58.0 Å². The van der Waals surface area contributed by atoms with Crippen LogP contribution in [0.15, 0.2) is 23.5 Å². The number of aromatic nitrogens is 4. The number of amides is 1. The summed E-state index contributed by atoms with van der Waals surface area (Å²) in [4.78, 5) is 38.4. The molecule has 2 N–H and O–H groups in total. The molecular weight excluding hydrogens is 362 g/mol. The van der Waals surface area contributed by atoms with E-state index in [-0.39, 0.29) is 17.5 Å². The Hall–Kier alpha value is -2.48. The first-order valence-electron chi connectivity index (χ1n) is 9.38. The number of H-pyrrole nitrogens is 1. The number of aryl methyl sites for hydroxylation is 3. The first-order chi connectivity index (χ1) is 13.1. The molecule has 0 bridgehead atoms.